The number of ketones is 2. The van der Waals surface area contributed by atoms with Gasteiger partial charge >= 0.3 is 5.97 Å². The molecule has 0 unspecified atom stereocenters. The van der Waals surface area contributed by atoms with Crippen molar-refractivity contribution in [2.24, 2.45) is 34.3 Å². The van der Waals surface area contributed by atoms with Crippen molar-refractivity contribution in [1.29, 1.82) is 0 Å². The first-order valence-electron chi connectivity index (χ1n) is 13.0. The van der Waals surface area contributed by atoms with Crippen molar-refractivity contribution in [3.05, 3.63) is 11.6 Å². The first-order valence-corrected chi connectivity index (χ1v) is 13.0. The lowest BCUT2D eigenvalue weighted by atomic mass is 9.45. The number of Topliss-reactive ketones (excluding diaryl/α,β-unsaturated/α-hetero) is 1. The van der Waals surface area contributed by atoms with Crippen LogP contribution in [0.4, 0.5) is 0 Å². The second kappa shape index (κ2) is 8.52. The topological polar surface area (TPSA) is 127 Å². The maximum Gasteiger partial charge on any atom is 0.327 e. The second-order valence-electron chi connectivity index (χ2n) is 11.8. The van der Waals surface area contributed by atoms with Crippen molar-refractivity contribution >= 4 is 17.5 Å². The van der Waals surface area contributed by atoms with E-state index < -0.39 is 41.0 Å². The number of aliphatic hydroxyl groups is 2. The Hall–Kier alpha value is -1.57. The minimum atomic E-state index is -1.50. The average molecular weight is 476 g/mol. The van der Waals surface area contributed by atoms with Gasteiger partial charge in [0, 0.05) is 11.8 Å². The van der Waals surface area contributed by atoms with Gasteiger partial charge in [0.1, 0.15) is 12.1 Å². The van der Waals surface area contributed by atoms with Gasteiger partial charge in [-0.3, -0.25) is 14.4 Å². The summed E-state index contributed by atoms with van der Waals surface area (Å²) in [7, 11) is 0. The Morgan fingerprint density at radius 1 is 1.18 bits per heavy atom. The van der Waals surface area contributed by atoms with Crippen molar-refractivity contribution in [1.82, 2.24) is 0 Å². The highest BCUT2D eigenvalue weighted by Crippen LogP contribution is 2.68. The minimum Gasteiger partial charge on any atom is -0.449 e. The summed E-state index contributed by atoms with van der Waals surface area (Å²) in [5, 5.41) is 21.5. The van der Waals surface area contributed by atoms with Crippen molar-refractivity contribution < 1.29 is 29.3 Å². The third-order valence-electron chi connectivity index (χ3n) is 10.5. The molecule has 7 heteroatoms. The number of ether oxygens (including phenoxy) is 1. The third kappa shape index (κ3) is 3.37. The van der Waals surface area contributed by atoms with E-state index in [0.29, 0.717) is 38.5 Å². The molecule has 0 bridgehead atoms. The molecule has 4 aliphatic rings. The van der Waals surface area contributed by atoms with Crippen LogP contribution in [0.5, 0.6) is 0 Å². The highest BCUT2D eigenvalue weighted by molar-refractivity contribution is 5.93. The van der Waals surface area contributed by atoms with E-state index in [1.165, 1.54) is 0 Å². The molecule has 0 saturated heterocycles. The summed E-state index contributed by atoms with van der Waals surface area (Å²) in [6.45, 7) is 7.06. The van der Waals surface area contributed by atoms with Gasteiger partial charge in [-0.05, 0) is 80.6 Å². The molecule has 0 aromatic rings. The molecule has 34 heavy (non-hydrogen) atoms. The van der Waals surface area contributed by atoms with Crippen LogP contribution in [-0.2, 0) is 19.1 Å². The number of fused-ring (bicyclic) bond motifs is 5. The Morgan fingerprint density at radius 2 is 1.85 bits per heavy atom. The largest absolute Gasteiger partial charge is 0.449 e. The molecule has 0 aromatic heterocycles. The van der Waals surface area contributed by atoms with Gasteiger partial charge in [0.15, 0.2) is 11.4 Å². The van der Waals surface area contributed by atoms with Gasteiger partial charge in [-0.2, -0.15) is 0 Å². The lowest BCUT2D eigenvalue weighted by Gasteiger charge is -2.60. The number of allylic oxidation sites excluding steroid dienone is 1. The number of hydrogen-bond donors (Lipinski definition) is 3. The molecule has 0 heterocycles. The summed E-state index contributed by atoms with van der Waals surface area (Å²) >= 11 is 0. The minimum absolute atomic E-state index is 0.00529. The molecule has 4 rings (SSSR count). The Labute approximate surface area is 202 Å². The van der Waals surface area contributed by atoms with Crippen LogP contribution in [0.15, 0.2) is 11.6 Å². The quantitative estimate of drug-likeness (QED) is 0.504. The Morgan fingerprint density at radius 3 is 2.47 bits per heavy atom. The van der Waals surface area contributed by atoms with Crippen LogP contribution in [0, 0.1) is 28.6 Å². The molecule has 4 aliphatic carbocycles. The van der Waals surface area contributed by atoms with E-state index in [9.17, 15) is 24.6 Å². The molecule has 190 valence electrons. The fourth-order valence-electron chi connectivity index (χ4n) is 8.28. The number of aliphatic hydroxyl groups excluding tert-OH is 2. The normalized spacial score (nSPS) is 41.7. The molecular weight excluding hydrogens is 434 g/mol. The lowest BCUT2D eigenvalue weighted by molar-refractivity contribution is -0.205. The monoisotopic (exact) mass is 475 g/mol. The molecule has 0 spiro atoms. The van der Waals surface area contributed by atoms with Crippen molar-refractivity contribution in [2.75, 3.05) is 6.61 Å². The average Bonchev–Trinajstić information content (AvgIpc) is 3.10. The van der Waals surface area contributed by atoms with Crippen LogP contribution >= 0.6 is 0 Å². The highest BCUT2D eigenvalue weighted by Gasteiger charge is 2.70. The molecule has 0 aromatic carbocycles. The summed E-state index contributed by atoms with van der Waals surface area (Å²) in [5.41, 5.74) is 3.75. The molecule has 7 atom stereocenters. The first kappa shape index (κ1) is 25.5. The van der Waals surface area contributed by atoms with E-state index in [1.807, 2.05) is 20.8 Å². The number of carbonyl (C=O) groups is 3. The van der Waals surface area contributed by atoms with Crippen LogP contribution in [0.25, 0.3) is 0 Å². The van der Waals surface area contributed by atoms with Crippen molar-refractivity contribution in [3.63, 3.8) is 0 Å². The van der Waals surface area contributed by atoms with Crippen LogP contribution in [0.3, 0.4) is 0 Å². The molecular formula is C27H41NO6. The van der Waals surface area contributed by atoms with Gasteiger partial charge in [-0.1, -0.05) is 33.3 Å². The van der Waals surface area contributed by atoms with Gasteiger partial charge in [-0.25, -0.2) is 0 Å². The number of carbonyl (C=O) groups excluding carboxylic acids is 3. The highest BCUT2D eigenvalue weighted by atomic mass is 16.6. The van der Waals surface area contributed by atoms with Gasteiger partial charge in [0.2, 0.25) is 5.78 Å². The summed E-state index contributed by atoms with van der Waals surface area (Å²) in [6.07, 6.45) is 6.06. The molecule has 0 amide bonds. The Kier molecular flexibility index (Phi) is 6.40. The summed E-state index contributed by atoms with van der Waals surface area (Å²) in [6, 6.07) is 0. The summed E-state index contributed by atoms with van der Waals surface area (Å²) < 4.78 is 6.10. The van der Waals surface area contributed by atoms with Gasteiger partial charge in [0.25, 0.3) is 0 Å². The summed E-state index contributed by atoms with van der Waals surface area (Å²) in [4.78, 5) is 38.7. The smallest absolute Gasteiger partial charge is 0.327 e. The first-order chi connectivity index (χ1) is 15.9. The van der Waals surface area contributed by atoms with E-state index in [-0.39, 0.29) is 29.0 Å². The zero-order valence-electron chi connectivity index (χ0n) is 21.1. The van der Waals surface area contributed by atoms with E-state index in [1.54, 1.807) is 6.08 Å². The molecule has 3 fully saturated rings. The fourth-order valence-corrected chi connectivity index (χ4v) is 8.28. The number of rotatable bonds is 6. The number of hydrogen-bond acceptors (Lipinski definition) is 7. The van der Waals surface area contributed by atoms with E-state index in [4.69, 9.17) is 10.5 Å². The molecule has 7 nitrogen and oxygen atoms in total. The van der Waals surface area contributed by atoms with Gasteiger partial charge < -0.3 is 20.7 Å². The maximum absolute atomic E-state index is 13.3. The van der Waals surface area contributed by atoms with Crippen molar-refractivity contribution in [2.45, 2.75) is 103 Å². The van der Waals surface area contributed by atoms with E-state index in [0.717, 1.165) is 24.8 Å². The van der Waals surface area contributed by atoms with Gasteiger partial charge in [-0.15, -0.1) is 0 Å². The molecule has 4 N–H and O–H groups in total. The summed E-state index contributed by atoms with van der Waals surface area (Å²) in [5.74, 6) is -0.735. The molecule has 0 radical (unpaired) electrons. The number of esters is 1. The third-order valence-corrected chi connectivity index (χ3v) is 10.5. The number of nitrogens with two attached hydrogens (primary N) is 1. The zero-order valence-corrected chi connectivity index (χ0v) is 21.1. The standard InChI is InChI=1S/C27H41NO6/c1-5-26(28,6-2)23(33)34-27(21(32)15-29)12-10-19-18-8-7-16-13-17(30)9-11-24(16,3)22(18)20(31)14-25(19,27)4/h13,18-20,22,29,31H,5-12,14-15,28H2,1-4H3/t18-,19-,20-,22+,24-,25-,27-/m0/s1. The SMILES string of the molecule is CCC(N)(CC)C(=O)O[C@]1(C(=O)CO)CC[C@H]2[C@@H]3CCC4=CC(=O)CC[C@]4(C)[C@H]3[C@@H](O)C[C@@]21C. The van der Waals surface area contributed by atoms with Crippen LogP contribution in [0.2, 0.25) is 0 Å². The molecule has 0 aliphatic heterocycles. The lowest BCUT2D eigenvalue weighted by Crippen LogP contribution is -2.64. The molecule has 3 saturated carbocycles. The predicted octanol–water partition coefficient (Wildman–Crippen LogP) is 2.85. The van der Waals surface area contributed by atoms with Gasteiger partial charge in [0.05, 0.1) is 6.10 Å². The Bertz CT molecular complexity index is 909. The maximum atomic E-state index is 13.3. The van der Waals surface area contributed by atoms with Crippen molar-refractivity contribution in [3.8, 4) is 0 Å². The van der Waals surface area contributed by atoms with Crippen LogP contribution in [0.1, 0.15) is 85.5 Å². The van der Waals surface area contributed by atoms with E-state index in [2.05, 4.69) is 6.92 Å². The zero-order chi connectivity index (χ0) is 25.1. The van der Waals surface area contributed by atoms with Crippen LogP contribution in [-0.4, -0.2) is 51.6 Å². The van der Waals surface area contributed by atoms with E-state index >= 15 is 0 Å². The second-order valence-corrected chi connectivity index (χ2v) is 11.8. The Balaban J connectivity index is 1.74. The fraction of sp³-hybridized carbons (Fsp3) is 0.815. The predicted molar refractivity (Wildman–Crippen MR) is 127 cm³/mol. The van der Waals surface area contributed by atoms with Crippen LogP contribution < -0.4 is 5.73 Å².